The topological polar surface area (TPSA) is 55.6 Å². The first kappa shape index (κ1) is 17.7. The Labute approximate surface area is 128 Å². The van der Waals surface area contributed by atoms with Crippen LogP contribution in [0.25, 0.3) is 0 Å². The summed E-state index contributed by atoms with van der Waals surface area (Å²) in [4.78, 5) is 13.8. The summed E-state index contributed by atoms with van der Waals surface area (Å²) in [5, 5.41) is 0. The Hall–Kier alpha value is -1.39. The molecule has 0 saturated heterocycles. The molecule has 1 rings (SSSR count). The lowest BCUT2D eigenvalue weighted by Crippen LogP contribution is -2.42. The molecule has 0 saturated carbocycles. The van der Waals surface area contributed by atoms with Gasteiger partial charge in [-0.25, -0.2) is 0 Å². The molecule has 0 aromatic heterocycles. The third kappa shape index (κ3) is 7.25. The molecule has 1 aromatic rings. The Morgan fingerprint density at radius 2 is 1.95 bits per heavy atom. The largest absolute Gasteiger partial charge is 0.385 e. The molecule has 0 bridgehead atoms. The zero-order valence-corrected chi connectivity index (χ0v) is 13.3. The molecule has 21 heavy (non-hydrogen) atoms. The number of ether oxygens (including phenoxy) is 1. The van der Waals surface area contributed by atoms with Crippen molar-refractivity contribution < 1.29 is 9.53 Å². The van der Waals surface area contributed by atoms with Gasteiger partial charge in [0.25, 0.3) is 0 Å². The van der Waals surface area contributed by atoms with E-state index in [0.29, 0.717) is 13.0 Å². The number of amides is 1. The lowest BCUT2D eigenvalue weighted by molar-refractivity contribution is -0.131. The average Bonchev–Trinajstić information content (AvgIpc) is 2.51. The van der Waals surface area contributed by atoms with Crippen LogP contribution in [-0.4, -0.2) is 44.2 Å². The van der Waals surface area contributed by atoms with Gasteiger partial charge in [-0.3, -0.25) is 4.79 Å². The van der Waals surface area contributed by atoms with Gasteiger partial charge in [0.05, 0.1) is 6.04 Å². The van der Waals surface area contributed by atoms with Gasteiger partial charge < -0.3 is 15.4 Å². The number of hydrogen-bond acceptors (Lipinski definition) is 3. The fourth-order valence-corrected chi connectivity index (χ4v) is 2.29. The second-order valence-electron chi connectivity index (χ2n) is 5.44. The number of carbonyl (C=O) groups excluding carboxylic acids is 1. The minimum Gasteiger partial charge on any atom is -0.385 e. The summed E-state index contributed by atoms with van der Waals surface area (Å²) in [6, 6.07) is 10.0. The zero-order valence-electron chi connectivity index (χ0n) is 13.3. The van der Waals surface area contributed by atoms with Crippen LogP contribution in [0.3, 0.4) is 0 Å². The van der Waals surface area contributed by atoms with Crippen LogP contribution in [0.5, 0.6) is 0 Å². The summed E-state index contributed by atoms with van der Waals surface area (Å²) in [7, 11) is 3.49. The first-order valence-corrected chi connectivity index (χ1v) is 7.68. The van der Waals surface area contributed by atoms with E-state index >= 15 is 0 Å². The molecule has 0 aliphatic carbocycles. The molecular formula is C17H28N2O2. The smallest absolute Gasteiger partial charge is 0.239 e. The number of nitrogens with two attached hydrogens (primary N) is 1. The number of rotatable bonds is 10. The van der Waals surface area contributed by atoms with Crippen molar-refractivity contribution in [3.8, 4) is 0 Å². The van der Waals surface area contributed by atoms with Gasteiger partial charge in [-0.15, -0.1) is 0 Å². The van der Waals surface area contributed by atoms with Crippen LogP contribution in [-0.2, 0) is 16.0 Å². The van der Waals surface area contributed by atoms with Gasteiger partial charge in [0.15, 0.2) is 0 Å². The summed E-state index contributed by atoms with van der Waals surface area (Å²) in [6.45, 7) is 1.42. The van der Waals surface area contributed by atoms with Crippen LogP contribution >= 0.6 is 0 Å². The standard InChI is InChI=1S/C17H28N2O2/c1-19(17(20)16(18)12-8-14-21-2)13-7-6-11-15-9-4-3-5-10-15/h3-5,9-10,16H,6-8,11-14,18H2,1-2H3. The van der Waals surface area contributed by atoms with Crippen LogP contribution in [0.2, 0.25) is 0 Å². The maximum atomic E-state index is 12.1. The highest BCUT2D eigenvalue weighted by Gasteiger charge is 2.16. The second kappa shape index (κ2) is 10.4. The van der Waals surface area contributed by atoms with Gasteiger partial charge in [0.2, 0.25) is 5.91 Å². The molecule has 118 valence electrons. The highest BCUT2D eigenvalue weighted by Crippen LogP contribution is 2.06. The molecule has 4 nitrogen and oxygen atoms in total. The van der Waals surface area contributed by atoms with Gasteiger partial charge in [0.1, 0.15) is 0 Å². The average molecular weight is 292 g/mol. The molecule has 0 radical (unpaired) electrons. The number of hydrogen-bond donors (Lipinski definition) is 1. The number of aryl methyl sites for hydroxylation is 1. The molecule has 2 N–H and O–H groups in total. The van der Waals surface area contributed by atoms with E-state index in [-0.39, 0.29) is 5.91 Å². The fourth-order valence-electron chi connectivity index (χ4n) is 2.29. The monoisotopic (exact) mass is 292 g/mol. The fraction of sp³-hybridized carbons (Fsp3) is 0.588. The van der Waals surface area contributed by atoms with Gasteiger partial charge in [-0.05, 0) is 37.7 Å². The van der Waals surface area contributed by atoms with Crippen LogP contribution in [0.4, 0.5) is 0 Å². The third-order valence-corrected chi connectivity index (χ3v) is 3.61. The van der Waals surface area contributed by atoms with E-state index < -0.39 is 6.04 Å². The number of methoxy groups -OCH3 is 1. The van der Waals surface area contributed by atoms with Crippen molar-refractivity contribution in [1.29, 1.82) is 0 Å². The first-order valence-electron chi connectivity index (χ1n) is 7.68. The van der Waals surface area contributed by atoms with E-state index in [9.17, 15) is 4.79 Å². The van der Waals surface area contributed by atoms with E-state index in [1.165, 1.54) is 5.56 Å². The summed E-state index contributed by atoms with van der Waals surface area (Å²) >= 11 is 0. The van der Waals surface area contributed by atoms with Crippen LogP contribution in [0.1, 0.15) is 31.2 Å². The molecule has 0 aliphatic rings. The summed E-state index contributed by atoms with van der Waals surface area (Å²) in [6.07, 6.45) is 4.65. The summed E-state index contributed by atoms with van der Waals surface area (Å²) in [5.41, 5.74) is 7.26. The molecule has 0 aliphatic heterocycles. The molecule has 4 heteroatoms. The van der Waals surface area contributed by atoms with Gasteiger partial charge >= 0.3 is 0 Å². The third-order valence-electron chi connectivity index (χ3n) is 3.61. The maximum absolute atomic E-state index is 12.1. The van der Waals surface area contributed by atoms with Crippen molar-refractivity contribution >= 4 is 5.91 Å². The van der Waals surface area contributed by atoms with Crippen LogP contribution in [0.15, 0.2) is 30.3 Å². The quantitative estimate of drug-likeness (QED) is 0.673. The number of nitrogens with zero attached hydrogens (tertiary/aromatic N) is 1. The molecule has 1 unspecified atom stereocenters. The molecule has 0 fully saturated rings. The first-order chi connectivity index (χ1) is 10.1. The van der Waals surface area contributed by atoms with E-state index in [4.69, 9.17) is 10.5 Å². The molecule has 0 spiro atoms. The van der Waals surface area contributed by atoms with Gasteiger partial charge in [0, 0.05) is 27.3 Å². The van der Waals surface area contributed by atoms with Crippen molar-refractivity contribution in [2.45, 2.75) is 38.1 Å². The highest BCUT2D eigenvalue weighted by atomic mass is 16.5. The minimum atomic E-state index is -0.403. The number of carbonyl (C=O) groups is 1. The molecule has 1 atom stereocenters. The Morgan fingerprint density at radius 1 is 1.24 bits per heavy atom. The summed E-state index contributed by atoms with van der Waals surface area (Å²) in [5.74, 6) is 0.0332. The van der Waals surface area contributed by atoms with Crippen molar-refractivity contribution in [1.82, 2.24) is 4.90 Å². The van der Waals surface area contributed by atoms with Crippen LogP contribution < -0.4 is 5.73 Å². The predicted molar refractivity (Wildman–Crippen MR) is 86.1 cm³/mol. The number of likely N-dealkylation sites (N-methyl/N-ethyl adjacent to an activating group) is 1. The van der Waals surface area contributed by atoms with E-state index in [1.807, 2.05) is 13.1 Å². The molecule has 1 amide bonds. The Balaban J connectivity index is 2.17. The minimum absolute atomic E-state index is 0.0332. The highest BCUT2D eigenvalue weighted by molar-refractivity contribution is 5.81. The number of unbranched alkanes of at least 4 members (excludes halogenated alkanes) is 1. The molecule has 0 heterocycles. The van der Waals surface area contributed by atoms with Gasteiger partial charge in [-0.2, -0.15) is 0 Å². The second-order valence-corrected chi connectivity index (χ2v) is 5.44. The van der Waals surface area contributed by atoms with Gasteiger partial charge in [-0.1, -0.05) is 30.3 Å². The SMILES string of the molecule is COCCCC(N)C(=O)N(C)CCCCc1ccccc1. The molecule has 1 aromatic carbocycles. The maximum Gasteiger partial charge on any atom is 0.239 e. The van der Waals surface area contributed by atoms with E-state index in [0.717, 1.165) is 32.2 Å². The van der Waals surface area contributed by atoms with E-state index in [2.05, 4.69) is 24.3 Å². The van der Waals surface area contributed by atoms with Crippen molar-refractivity contribution in [3.63, 3.8) is 0 Å². The predicted octanol–water partition coefficient (Wildman–Crippen LogP) is 2.22. The van der Waals surface area contributed by atoms with E-state index in [1.54, 1.807) is 12.0 Å². The van der Waals surface area contributed by atoms with Crippen molar-refractivity contribution in [2.75, 3.05) is 27.3 Å². The summed E-state index contributed by atoms with van der Waals surface area (Å²) < 4.78 is 4.97. The number of benzene rings is 1. The normalized spacial score (nSPS) is 12.1. The molecular weight excluding hydrogens is 264 g/mol. The lowest BCUT2D eigenvalue weighted by Gasteiger charge is -2.21. The Kier molecular flexibility index (Phi) is 8.71. The van der Waals surface area contributed by atoms with Crippen molar-refractivity contribution in [3.05, 3.63) is 35.9 Å². The van der Waals surface area contributed by atoms with Crippen molar-refractivity contribution in [2.24, 2.45) is 5.73 Å². The Bertz CT molecular complexity index is 395. The Morgan fingerprint density at radius 3 is 2.62 bits per heavy atom. The zero-order chi connectivity index (χ0) is 15.5. The van der Waals surface area contributed by atoms with Crippen LogP contribution in [0, 0.1) is 0 Å². The lowest BCUT2D eigenvalue weighted by atomic mass is 10.1.